The van der Waals surface area contributed by atoms with Gasteiger partial charge in [0.15, 0.2) is 0 Å². The molecule has 1 aliphatic rings. The first-order valence-corrected chi connectivity index (χ1v) is 12.2. The van der Waals surface area contributed by atoms with Gasteiger partial charge in [-0.15, -0.1) is 0 Å². The van der Waals surface area contributed by atoms with Crippen LogP contribution < -0.4 is 11.2 Å². The number of benzene rings is 2. The quantitative estimate of drug-likeness (QED) is 0.406. The number of allylic oxidation sites excluding steroid dienone is 1. The van der Waals surface area contributed by atoms with Crippen LogP contribution in [0.5, 0.6) is 0 Å². The second-order valence-electron chi connectivity index (χ2n) is 9.33. The Morgan fingerprint density at radius 2 is 1.83 bits per heavy atom. The fourth-order valence-electron chi connectivity index (χ4n) is 5.18. The van der Waals surface area contributed by atoms with Crippen LogP contribution in [0.15, 0.2) is 64.3 Å². The van der Waals surface area contributed by atoms with Crippen LogP contribution in [-0.4, -0.2) is 25.2 Å². The largest absolute Gasteiger partial charge is 0.481 e. The Kier molecular flexibility index (Phi) is 6.40. The predicted octanol–water partition coefficient (Wildman–Crippen LogP) is 4.76. The number of nitrogens with zero attached hydrogens (tertiary/aromatic N) is 2. The SMILES string of the molecule is O=C(O)CCn1c(=O)c2c(C=CC3CCCCC3)cccc2n(Cc2c[nH]c3ccccc23)c1=O. The monoisotopic (exact) mass is 471 g/mol. The average molecular weight is 472 g/mol. The molecule has 0 bridgehead atoms. The third-order valence-corrected chi connectivity index (χ3v) is 7.04. The molecular weight excluding hydrogens is 442 g/mol. The summed E-state index contributed by atoms with van der Waals surface area (Å²) in [5, 5.41) is 10.7. The van der Waals surface area contributed by atoms with Crippen molar-refractivity contribution in [1.82, 2.24) is 14.1 Å². The molecule has 2 N–H and O–H groups in total. The van der Waals surface area contributed by atoms with Gasteiger partial charge in [0.25, 0.3) is 5.56 Å². The topological polar surface area (TPSA) is 97.1 Å². The number of aromatic amines is 1. The van der Waals surface area contributed by atoms with Gasteiger partial charge in [0, 0.05) is 23.6 Å². The smallest absolute Gasteiger partial charge is 0.331 e. The summed E-state index contributed by atoms with van der Waals surface area (Å²) < 4.78 is 2.66. The van der Waals surface area contributed by atoms with E-state index < -0.39 is 17.2 Å². The zero-order valence-corrected chi connectivity index (χ0v) is 19.6. The number of carbonyl (C=O) groups is 1. The van der Waals surface area contributed by atoms with Crippen LogP contribution in [0.1, 0.15) is 49.7 Å². The van der Waals surface area contributed by atoms with E-state index in [4.69, 9.17) is 0 Å². The van der Waals surface area contributed by atoms with Crippen LogP contribution in [0.3, 0.4) is 0 Å². The van der Waals surface area contributed by atoms with Crippen molar-refractivity contribution >= 4 is 33.9 Å². The highest BCUT2D eigenvalue weighted by atomic mass is 16.4. The summed E-state index contributed by atoms with van der Waals surface area (Å²) in [4.78, 5) is 41.5. The lowest BCUT2D eigenvalue weighted by Crippen LogP contribution is -2.41. The van der Waals surface area contributed by atoms with Gasteiger partial charge in [-0.2, -0.15) is 0 Å². The summed E-state index contributed by atoms with van der Waals surface area (Å²) in [6.07, 6.45) is 11.8. The molecule has 2 aromatic carbocycles. The Morgan fingerprint density at radius 1 is 1.03 bits per heavy atom. The Balaban J connectivity index is 1.67. The van der Waals surface area contributed by atoms with Gasteiger partial charge in [0.05, 0.1) is 23.9 Å². The van der Waals surface area contributed by atoms with Crippen LogP contribution in [-0.2, 0) is 17.9 Å². The lowest BCUT2D eigenvalue weighted by atomic mass is 9.88. The first kappa shape index (κ1) is 22.9. The minimum Gasteiger partial charge on any atom is -0.481 e. The standard InChI is InChI=1S/C28H29N3O4/c32-25(33)15-16-30-27(34)26-20(14-13-19-7-2-1-3-8-19)9-6-12-24(26)31(28(30)35)18-21-17-29-23-11-5-4-10-22(21)23/h4-6,9-14,17,19,29H,1-3,7-8,15-16,18H2,(H,32,33). The highest BCUT2D eigenvalue weighted by molar-refractivity contribution is 5.88. The number of hydrogen-bond donors (Lipinski definition) is 2. The van der Waals surface area contributed by atoms with Crippen molar-refractivity contribution in [3.05, 3.63) is 86.7 Å². The Bertz CT molecular complexity index is 1530. The predicted molar refractivity (Wildman–Crippen MR) is 138 cm³/mol. The molecule has 4 aromatic rings. The third-order valence-electron chi connectivity index (χ3n) is 7.04. The van der Waals surface area contributed by atoms with E-state index in [1.807, 2.05) is 48.7 Å². The van der Waals surface area contributed by atoms with E-state index in [0.29, 0.717) is 16.8 Å². The fraction of sp³-hybridized carbons (Fsp3) is 0.321. The number of carboxylic acids is 1. The van der Waals surface area contributed by atoms with E-state index in [2.05, 4.69) is 11.1 Å². The van der Waals surface area contributed by atoms with Gasteiger partial charge in [-0.05, 0) is 42.0 Å². The molecule has 1 saturated carbocycles. The van der Waals surface area contributed by atoms with Crippen molar-refractivity contribution in [2.24, 2.45) is 5.92 Å². The van der Waals surface area contributed by atoms with Crippen LogP contribution >= 0.6 is 0 Å². The normalized spacial score (nSPS) is 14.9. The highest BCUT2D eigenvalue weighted by Crippen LogP contribution is 2.26. The minimum atomic E-state index is -1.05. The molecule has 0 saturated heterocycles. The van der Waals surface area contributed by atoms with E-state index in [0.717, 1.165) is 39.4 Å². The van der Waals surface area contributed by atoms with Crippen LogP contribution in [0.25, 0.3) is 27.9 Å². The summed E-state index contributed by atoms with van der Waals surface area (Å²) in [5.74, 6) is -0.560. The zero-order valence-electron chi connectivity index (χ0n) is 19.6. The molecule has 7 nitrogen and oxygen atoms in total. The van der Waals surface area contributed by atoms with Gasteiger partial charge in [0.2, 0.25) is 0 Å². The number of aromatic nitrogens is 3. The summed E-state index contributed by atoms with van der Waals surface area (Å²) in [7, 11) is 0. The van der Waals surface area contributed by atoms with Gasteiger partial charge in [-0.25, -0.2) is 4.79 Å². The van der Waals surface area contributed by atoms with Crippen molar-refractivity contribution in [3.8, 4) is 0 Å². The van der Waals surface area contributed by atoms with Gasteiger partial charge >= 0.3 is 11.7 Å². The van der Waals surface area contributed by atoms with Crippen molar-refractivity contribution in [1.29, 1.82) is 0 Å². The van der Waals surface area contributed by atoms with Gasteiger partial charge in [-0.1, -0.05) is 61.7 Å². The first-order chi connectivity index (χ1) is 17.0. The molecule has 2 aromatic heterocycles. The molecule has 7 heteroatoms. The van der Waals surface area contributed by atoms with E-state index >= 15 is 0 Å². The molecule has 0 unspecified atom stereocenters. The number of hydrogen-bond acceptors (Lipinski definition) is 3. The number of aliphatic carboxylic acids is 1. The maximum absolute atomic E-state index is 13.5. The number of carboxylic acid groups (broad SMARTS) is 1. The van der Waals surface area contributed by atoms with Crippen molar-refractivity contribution in [2.75, 3.05) is 0 Å². The number of fused-ring (bicyclic) bond motifs is 2. The summed E-state index contributed by atoms with van der Waals surface area (Å²) >= 11 is 0. The zero-order chi connectivity index (χ0) is 24.4. The molecule has 180 valence electrons. The van der Waals surface area contributed by atoms with E-state index in [-0.39, 0.29) is 19.5 Å². The second-order valence-corrected chi connectivity index (χ2v) is 9.33. The molecule has 2 heterocycles. The lowest BCUT2D eigenvalue weighted by molar-refractivity contribution is -0.137. The molecular formula is C28H29N3O4. The molecule has 0 aliphatic heterocycles. The van der Waals surface area contributed by atoms with E-state index in [9.17, 15) is 19.5 Å². The average Bonchev–Trinajstić information content (AvgIpc) is 3.28. The molecule has 1 aliphatic carbocycles. The summed E-state index contributed by atoms with van der Waals surface area (Å²) in [6, 6.07) is 13.4. The second kappa shape index (κ2) is 9.78. The number of nitrogens with one attached hydrogen (secondary N) is 1. The minimum absolute atomic E-state index is 0.169. The maximum atomic E-state index is 13.5. The summed E-state index contributed by atoms with van der Waals surface area (Å²) in [5.41, 5.74) is 2.27. The molecule has 5 rings (SSSR count). The van der Waals surface area contributed by atoms with Crippen LogP contribution in [0.2, 0.25) is 0 Å². The van der Waals surface area contributed by atoms with E-state index in [1.54, 1.807) is 10.6 Å². The van der Waals surface area contributed by atoms with Crippen LogP contribution in [0, 0.1) is 5.92 Å². The van der Waals surface area contributed by atoms with Crippen molar-refractivity contribution in [3.63, 3.8) is 0 Å². The third kappa shape index (κ3) is 4.58. The van der Waals surface area contributed by atoms with Crippen molar-refractivity contribution in [2.45, 2.75) is 51.6 Å². The van der Waals surface area contributed by atoms with Gasteiger partial charge in [0.1, 0.15) is 0 Å². The number of H-pyrrole nitrogens is 1. The van der Waals surface area contributed by atoms with Crippen molar-refractivity contribution < 1.29 is 9.90 Å². The molecule has 0 radical (unpaired) electrons. The maximum Gasteiger partial charge on any atom is 0.331 e. The summed E-state index contributed by atoms with van der Waals surface area (Å²) in [6.45, 7) is 0.0972. The molecule has 0 atom stereocenters. The molecule has 35 heavy (non-hydrogen) atoms. The Morgan fingerprint density at radius 3 is 2.63 bits per heavy atom. The highest BCUT2D eigenvalue weighted by Gasteiger charge is 2.18. The lowest BCUT2D eigenvalue weighted by Gasteiger charge is -2.18. The Hall–Kier alpha value is -3.87. The van der Waals surface area contributed by atoms with Gasteiger partial charge < -0.3 is 10.1 Å². The Labute approximate surface area is 202 Å². The molecule has 0 amide bonds. The number of para-hydroxylation sites is 1. The molecule has 1 fully saturated rings. The van der Waals surface area contributed by atoms with Gasteiger partial charge in [-0.3, -0.25) is 18.7 Å². The first-order valence-electron chi connectivity index (χ1n) is 12.2. The number of rotatable bonds is 7. The van der Waals surface area contributed by atoms with E-state index in [1.165, 1.54) is 19.3 Å². The van der Waals surface area contributed by atoms with Crippen LogP contribution in [0.4, 0.5) is 0 Å². The molecule has 0 spiro atoms. The fourth-order valence-corrected chi connectivity index (χ4v) is 5.18.